The van der Waals surface area contributed by atoms with E-state index in [-0.39, 0.29) is 0 Å². The lowest BCUT2D eigenvalue weighted by Crippen LogP contribution is -1.91. The van der Waals surface area contributed by atoms with Crippen molar-refractivity contribution in [3.05, 3.63) is 71.8 Å². The minimum absolute atomic E-state index is 0.813. The normalized spacial score (nSPS) is 10.7. The molecule has 20 heavy (non-hydrogen) atoms. The van der Waals surface area contributed by atoms with Crippen LogP contribution in [0.4, 0.5) is 5.69 Å². The lowest BCUT2D eigenvalue weighted by atomic mass is 10.0. The molecule has 0 heterocycles. The molecule has 2 nitrogen and oxygen atoms in total. The van der Waals surface area contributed by atoms with Crippen LogP contribution < -0.4 is 10.5 Å². The standard InChI is InChI=1S/C18H17NO/c1-20-18-8-7-15-10-14(5-6-16(15)12-18)9-13-3-2-4-17(19)11-13/h2-8,10-12H,9,19H2,1H3. The Morgan fingerprint density at radius 3 is 2.40 bits per heavy atom. The third-order valence-corrected chi connectivity index (χ3v) is 3.47. The Morgan fingerprint density at radius 2 is 1.60 bits per heavy atom. The lowest BCUT2D eigenvalue weighted by molar-refractivity contribution is 0.415. The third kappa shape index (κ3) is 2.59. The van der Waals surface area contributed by atoms with Crippen molar-refractivity contribution in [3.63, 3.8) is 0 Å². The predicted octanol–water partition coefficient (Wildman–Crippen LogP) is 4.02. The van der Waals surface area contributed by atoms with Gasteiger partial charge < -0.3 is 10.5 Å². The van der Waals surface area contributed by atoms with Gasteiger partial charge in [0.2, 0.25) is 0 Å². The van der Waals surface area contributed by atoms with Gasteiger partial charge in [-0.2, -0.15) is 0 Å². The van der Waals surface area contributed by atoms with E-state index in [0.29, 0.717) is 0 Å². The van der Waals surface area contributed by atoms with Gasteiger partial charge >= 0.3 is 0 Å². The molecule has 0 spiro atoms. The quantitative estimate of drug-likeness (QED) is 0.724. The van der Waals surface area contributed by atoms with Crippen molar-refractivity contribution in [2.24, 2.45) is 0 Å². The molecular formula is C18H17NO. The Morgan fingerprint density at radius 1 is 0.850 bits per heavy atom. The molecule has 2 N–H and O–H groups in total. The fraction of sp³-hybridized carbons (Fsp3) is 0.111. The van der Waals surface area contributed by atoms with Gasteiger partial charge in [-0.05, 0) is 52.6 Å². The number of anilines is 1. The number of hydrogen-bond donors (Lipinski definition) is 1. The maximum atomic E-state index is 5.82. The van der Waals surface area contributed by atoms with E-state index in [4.69, 9.17) is 10.5 Å². The first-order chi connectivity index (χ1) is 9.74. The third-order valence-electron chi connectivity index (χ3n) is 3.47. The monoisotopic (exact) mass is 263 g/mol. The highest BCUT2D eigenvalue weighted by atomic mass is 16.5. The molecule has 0 radical (unpaired) electrons. The van der Waals surface area contributed by atoms with E-state index in [9.17, 15) is 0 Å². The molecule has 0 amide bonds. The number of fused-ring (bicyclic) bond motifs is 1. The van der Waals surface area contributed by atoms with Crippen LogP contribution in [-0.4, -0.2) is 7.11 Å². The fourth-order valence-electron chi connectivity index (χ4n) is 2.45. The average molecular weight is 263 g/mol. The van der Waals surface area contributed by atoms with Crippen LogP contribution in [0.1, 0.15) is 11.1 Å². The first-order valence-electron chi connectivity index (χ1n) is 6.66. The number of nitrogen functional groups attached to an aromatic ring is 1. The fourth-order valence-corrected chi connectivity index (χ4v) is 2.45. The molecule has 0 fully saturated rings. The van der Waals surface area contributed by atoms with Gasteiger partial charge in [-0.25, -0.2) is 0 Å². The highest BCUT2D eigenvalue weighted by Gasteiger charge is 2.01. The van der Waals surface area contributed by atoms with Gasteiger partial charge in [0.15, 0.2) is 0 Å². The summed E-state index contributed by atoms with van der Waals surface area (Å²) in [6.45, 7) is 0. The topological polar surface area (TPSA) is 35.2 Å². The molecule has 2 heteroatoms. The second-order valence-corrected chi connectivity index (χ2v) is 4.97. The van der Waals surface area contributed by atoms with Gasteiger partial charge in [0.1, 0.15) is 5.75 Å². The van der Waals surface area contributed by atoms with Crippen LogP contribution in [0.15, 0.2) is 60.7 Å². The van der Waals surface area contributed by atoms with Crippen molar-refractivity contribution in [1.82, 2.24) is 0 Å². The van der Waals surface area contributed by atoms with Crippen LogP contribution in [0.5, 0.6) is 5.75 Å². The van der Waals surface area contributed by atoms with Crippen LogP contribution in [0.25, 0.3) is 10.8 Å². The second kappa shape index (κ2) is 5.25. The van der Waals surface area contributed by atoms with Crippen LogP contribution in [0.2, 0.25) is 0 Å². The maximum absolute atomic E-state index is 5.82. The lowest BCUT2D eigenvalue weighted by Gasteiger charge is -2.06. The summed E-state index contributed by atoms with van der Waals surface area (Å²) in [5.74, 6) is 0.890. The SMILES string of the molecule is COc1ccc2cc(Cc3cccc(N)c3)ccc2c1. The Bertz CT molecular complexity index is 749. The number of rotatable bonds is 3. The summed E-state index contributed by atoms with van der Waals surface area (Å²) in [4.78, 5) is 0. The minimum Gasteiger partial charge on any atom is -0.497 e. The molecule has 0 aliphatic heterocycles. The summed E-state index contributed by atoms with van der Waals surface area (Å²) in [5.41, 5.74) is 9.15. The van der Waals surface area contributed by atoms with E-state index in [0.717, 1.165) is 17.9 Å². The van der Waals surface area contributed by atoms with Crippen LogP contribution in [-0.2, 0) is 6.42 Å². The number of nitrogens with two attached hydrogens (primary N) is 1. The van der Waals surface area contributed by atoms with Gasteiger partial charge in [0, 0.05) is 5.69 Å². The molecule has 0 aliphatic carbocycles. The summed E-state index contributed by atoms with van der Waals surface area (Å²) < 4.78 is 5.25. The Hall–Kier alpha value is -2.48. The zero-order valence-electron chi connectivity index (χ0n) is 11.5. The van der Waals surface area contributed by atoms with Gasteiger partial charge in [-0.3, -0.25) is 0 Å². The zero-order chi connectivity index (χ0) is 13.9. The van der Waals surface area contributed by atoms with E-state index in [1.165, 1.54) is 21.9 Å². The minimum atomic E-state index is 0.813. The highest BCUT2D eigenvalue weighted by molar-refractivity contribution is 5.84. The molecule has 3 aromatic rings. The molecule has 3 rings (SSSR count). The van der Waals surface area contributed by atoms with Crippen LogP contribution in [0, 0.1) is 0 Å². The average Bonchev–Trinajstić information content (AvgIpc) is 2.47. The molecule has 0 aliphatic rings. The first kappa shape index (κ1) is 12.5. The highest BCUT2D eigenvalue weighted by Crippen LogP contribution is 2.23. The van der Waals surface area contributed by atoms with Crippen molar-refractivity contribution in [1.29, 1.82) is 0 Å². The molecule has 0 atom stereocenters. The second-order valence-electron chi connectivity index (χ2n) is 4.97. The predicted molar refractivity (Wildman–Crippen MR) is 84.2 cm³/mol. The Balaban J connectivity index is 1.93. The molecule has 0 unspecified atom stereocenters. The van der Waals surface area contributed by atoms with E-state index in [1.807, 2.05) is 24.3 Å². The molecular weight excluding hydrogens is 246 g/mol. The van der Waals surface area contributed by atoms with Crippen molar-refractivity contribution < 1.29 is 4.74 Å². The number of methoxy groups -OCH3 is 1. The number of benzene rings is 3. The number of ether oxygens (including phenoxy) is 1. The largest absolute Gasteiger partial charge is 0.497 e. The summed E-state index contributed by atoms with van der Waals surface area (Å²) in [5, 5.41) is 2.42. The number of hydrogen-bond acceptors (Lipinski definition) is 2. The molecule has 0 saturated heterocycles. The molecule has 0 aromatic heterocycles. The smallest absolute Gasteiger partial charge is 0.119 e. The summed E-state index contributed by atoms with van der Waals surface area (Å²) in [6.07, 6.45) is 0.896. The molecule has 0 bridgehead atoms. The van der Waals surface area contributed by atoms with Gasteiger partial charge in [0.05, 0.1) is 7.11 Å². The summed E-state index contributed by atoms with van der Waals surface area (Å²) in [7, 11) is 1.69. The first-order valence-corrected chi connectivity index (χ1v) is 6.66. The van der Waals surface area contributed by atoms with Crippen LogP contribution in [0.3, 0.4) is 0 Å². The van der Waals surface area contributed by atoms with E-state index in [2.05, 4.69) is 36.4 Å². The van der Waals surface area contributed by atoms with Crippen molar-refractivity contribution >= 4 is 16.5 Å². The van der Waals surface area contributed by atoms with E-state index in [1.54, 1.807) is 7.11 Å². The summed E-state index contributed by atoms with van der Waals surface area (Å²) >= 11 is 0. The van der Waals surface area contributed by atoms with Gasteiger partial charge in [0.25, 0.3) is 0 Å². The summed E-state index contributed by atoms with van der Waals surface area (Å²) in [6, 6.07) is 20.7. The molecule has 0 saturated carbocycles. The maximum Gasteiger partial charge on any atom is 0.119 e. The van der Waals surface area contributed by atoms with Crippen LogP contribution >= 0.6 is 0 Å². The van der Waals surface area contributed by atoms with Crippen molar-refractivity contribution in [2.45, 2.75) is 6.42 Å². The Labute approximate surface area is 118 Å². The van der Waals surface area contributed by atoms with Gasteiger partial charge in [-0.1, -0.05) is 36.4 Å². The van der Waals surface area contributed by atoms with E-state index >= 15 is 0 Å². The molecule has 3 aromatic carbocycles. The zero-order valence-corrected chi connectivity index (χ0v) is 11.5. The molecule has 100 valence electrons. The van der Waals surface area contributed by atoms with Gasteiger partial charge in [-0.15, -0.1) is 0 Å². The van der Waals surface area contributed by atoms with E-state index < -0.39 is 0 Å². The van der Waals surface area contributed by atoms with Crippen molar-refractivity contribution in [2.75, 3.05) is 12.8 Å². The van der Waals surface area contributed by atoms with Crippen molar-refractivity contribution in [3.8, 4) is 5.75 Å². The Kier molecular flexibility index (Phi) is 3.30.